The van der Waals surface area contributed by atoms with Gasteiger partial charge in [0.15, 0.2) is 0 Å². The SMILES string of the molecule is CCNC(Cn1ccn(C(C)C)c1=O)c1ccccc1F. The number of nitrogens with zero attached hydrogens (tertiary/aromatic N) is 2. The lowest BCUT2D eigenvalue weighted by Gasteiger charge is -2.19. The minimum Gasteiger partial charge on any atom is -0.309 e. The van der Waals surface area contributed by atoms with E-state index in [0.717, 1.165) is 0 Å². The third-order valence-corrected chi connectivity index (χ3v) is 3.54. The number of halogens is 1. The Hall–Kier alpha value is -1.88. The van der Waals surface area contributed by atoms with Gasteiger partial charge in [-0.05, 0) is 26.5 Å². The van der Waals surface area contributed by atoms with Crippen LogP contribution < -0.4 is 11.0 Å². The molecule has 0 saturated heterocycles. The Bertz CT molecular complexity index is 645. The van der Waals surface area contributed by atoms with Crippen LogP contribution in [0.3, 0.4) is 0 Å². The van der Waals surface area contributed by atoms with Crippen molar-refractivity contribution in [3.8, 4) is 0 Å². The van der Waals surface area contributed by atoms with E-state index in [0.29, 0.717) is 18.7 Å². The van der Waals surface area contributed by atoms with Crippen molar-refractivity contribution in [1.29, 1.82) is 0 Å². The molecular weight excluding hydrogens is 269 g/mol. The summed E-state index contributed by atoms with van der Waals surface area (Å²) in [4.78, 5) is 12.3. The average Bonchev–Trinajstić information content (AvgIpc) is 2.80. The lowest BCUT2D eigenvalue weighted by Crippen LogP contribution is -2.32. The van der Waals surface area contributed by atoms with Crippen LogP contribution in [0.1, 0.15) is 38.4 Å². The minimum absolute atomic E-state index is 0.0655. The summed E-state index contributed by atoms with van der Waals surface area (Å²) < 4.78 is 17.3. The van der Waals surface area contributed by atoms with E-state index in [2.05, 4.69) is 5.32 Å². The van der Waals surface area contributed by atoms with Crippen molar-refractivity contribution in [2.24, 2.45) is 0 Å². The Morgan fingerprint density at radius 3 is 2.52 bits per heavy atom. The summed E-state index contributed by atoms with van der Waals surface area (Å²) in [6.07, 6.45) is 3.53. The van der Waals surface area contributed by atoms with Gasteiger partial charge in [-0.25, -0.2) is 9.18 Å². The van der Waals surface area contributed by atoms with Crippen LogP contribution in [-0.2, 0) is 6.54 Å². The molecule has 0 aliphatic heterocycles. The molecule has 0 radical (unpaired) electrons. The summed E-state index contributed by atoms with van der Waals surface area (Å²) in [6, 6.07) is 6.57. The molecule has 0 spiro atoms. The Morgan fingerprint density at radius 2 is 1.95 bits per heavy atom. The first kappa shape index (κ1) is 15.5. The Morgan fingerprint density at radius 1 is 1.24 bits per heavy atom. The van der Waals surface area contributed by atoms with Crippen molar-refractivity contribution in [2.45, 2.75) is 39.4 Å². The number of benzene rings is 1. The summed E-state index contributed by atoms with van der Waals surface area (Å²) in [5, 5.41) is 3.24. The lowest BCUT2D eigenvalue weighted by atomic mass is 10.1. The van der Waals surface area contributed by atoms with Crippen molar-refractivity contribution in [2.75, 3.05) is 6.54 Å². The van der Waals surface area contributed by atoms with Gasteiger partial charge in [-0.1, -0.05) is 25.1 Å². The summed E-state index contributed by atoms with van der Waals surface area (Å²) in [5.74, 6) is -0.250. The van der Waals surface area contributed by atoms with Crippen LogP contribution in [0.5, 0.6) is 0 Å². The van der Waals surface area contributed by atoms with E-state index >= 15 is 0 Å². The van der Waals surface area contributed by atoms with Gasteiger partial charge >= 0.3 is 5.69 Å². The Balaban J connectivity index is 2.29. The molecule has 21 heavy (non-hydrogen) atoms. The number of aromatic nitrogens is 2. The standard InChI is InChI=1S/C16H22FN3O/c1-4-18-15(13-7-5-6-8-14(13)17)11-19-9-10-20(12(2)3)16(19)21/h5-10,12,15,18H,4,11H2,1-3H3. The van der Waals surface area contributed by atoms with Gasteiger partial charge in [0.25, 0.3) is 0 Å². The van der Waals surface area contributed by atoms with E-state index in [1.807, 2.05) is 26.8 Å². The van der Waals surface area contributed by atoms with Crippen molar-refractivity contribution >= 4 is 0 Å². The van der Waals surface area contributed by atoms with Gasteiger partial charge in [-0.3, -0.25) is 9.13 Å². The van der Waals surface area contributed by atoms with E-state index in [1.165, 1.54) is 6.07 Å². The van der Waals surface area contributed by atoms with Crippen LogP contribution in [0.15, 0.2) is 41.5 Å². The number of hydrogen-bond acceptors (Lipinski definition) is 2. The Labute approximate surface area is 124 Å². The van der Waals surface area contributed by atoms with Gasteiger partial charge in [0.05, 0.1) is 6.04 Å². The van der Waals surface area contributed by atoms with Gasteiger partial charge in [-0.2, -0.15) is 0 Å². The topological polar surface area (TPSA) is 39.0 Å². The number of rotatable bonds is 6. The second-order valence-electron chi connectivity index (χ2n) is 5.37. The maximum absolute atomic E-state index is 14.0. The molecule has 2 aromatic rings. The molecule has 0 aliphatic carbocycles. The Kier molecular flexibility index (Phi) is 4.96. The zero-order valence-corrected chi connectivity index (χ0v) is 12.7. The summed E-state index contributed by atoms with van der Waals surface area (Å²) in [6.45, 7) is 7.01. The first-order valence-corrected chi connectivity index (χ1v) is 7.29. The van der Waals surface area contributed by atoms with E-state index < -0.39 is 0 Å². The van der Waals surface area contributed by atoms with Crippen LogP contribution in [0, 0.1) is 5.82 Å². The predicted octanol–water partition coefficient (Wildman–Crippen LogP) is 2.72. The molecule has 1 aromatic heterocycles. The molecule has 0 bridgehead atoms. The molecule has 1 unspecified atom stereocenters. The third kappa shape index (κ3) is 3.42. The maximum Gasteiger partial charge on any atom is 0.328 e. The average molecular weight is 291 g/mol. The predicted molar refractivity (Wildman–Crippen MR) is 81.9 cm³/mol. The van der Waals surface area contributed by atoms with Gasteiger partial charge in [-0.15, -0.1) is 0 Å². The normalized spacial score (nSPS) is 12.8. The number of nitrogens with one attached hydrogen (secondary N) is 1. The van der Waals surface area contributed by atoms with E-state index in [9.17, 15) is 9.18 Å². The highest BCUT2D eigenvalue weighted by molar-refractivity contribution is 5.21. The van der Waals surface area contributed by atoms with Crippen molar-refractivity contribution in [3.05, 3.63) is 58.5 Å². The molecule has 1 atom stereocenters. The first-order valence-electron chi connectivity index (χ1n) is 7.29. The van der Waals surface area contributed by atoms with Crippen molar-refractivity contribution in [1.82, 2.24) is 14.5 Å². The van der Waals surface area contributed by atoms with Crippen LogP contribution >= 0.6 is 0 Å². The molecule has 4 nitrogen and oxygen atoms in total. The number of likely N-dealkylation sites (N-methyl/N-ethyl adjacent to an activating group) is 1. The zero-order valence-electron chi connectivity index (χ0n) is 12.7. The van der Waals surface area contributed by atoms with E-state index in [4.69, 9.17) is 0 Å². The highest BCUT2D eigenvalue weighted by Gasteiger charge is 2.17. The first-order chi connectivity index (χ1) is 10.0. The van der Waals surface area contributed by atoms with E-state index in [1.54, 1.807) is 33.7 Å². The fourth-order valence-electron chi connectivity index (χ4n) is 2.43. The second-order valence-corrected chi connectivity index (χ2v) is 5.37. The molecule has 0 saturated carbocycles. The fraction of sp³-hybridized carbons (Fsp3) is 0.438. The lowest BCUT2D eigenvalue weighted by molar-refractivity contribution is 0.439. The molecule has 1 N–H and O–H groups in total. The van der Waals surface area contributed by atoms with E-state index in [-0.39, 0.29) is 23.6 Å². The van der Waals surface area contributed by atoms with Gasteiger partial charge in [0.1, 0.15) is 5.82 Å². The van der Waals surface area contributed by atoms with Gasteiger partial charge in [0.2, 0.25) is 0 Å². The largest absolute Gasteiger partial charge is 0.328 e. The van der Waals surface area contributed by atoms with Crippen LogP contribution in [0.4, 0.5) is 4.39 Å². The molecule has 1 heterocycles. The monoisotopic (exact) mass is 291 g/mol. The highest BCUT2D eigenvalue weighted by Crippen LogP contribution is 2.18. The van der Waals surface area contributed by atoms with Gasteiger partial charge < -0.3 is 5.32 Å². The molecular formula is C16H22FN3O. The zero-order chi connectivity index (χ0) is 15.4. The molecule has 0 aliphatic rings. The minimum atomic E-state index is -0.250. The molecule has 0 amide bonds. The van der Waals surface area contributed by atoms with Crippen LogP contribution in [0.2, 0.25) is 0 Å². The molecule has 1 aromatic carbocycles. The van der Waals surface area contributed by atoms with Crippen molar-refractivity contribution in [3.63, 3.8) is 0 Å². The maximum atomic E-state index is 14.0. The second kappa shape index (κ2) is 6.72. The van der Waals surface area contributed by atoms with Crippen LogP contribution in [0.25, 0.3) is 0 Å². The molecule has 2 rings (SSSR count). The number of hydrogen-bond donors (Lipinski definition) is 1. The summed E-state index contributed by atoms with van der Waals surface area (Å²) in [7, 11) is 0. The molecule has 5 heteroatoms. The van der Waals surface area contributed by atoms with Gasteiger partial charge in [0, 0.05) is 30.5 Å². The summed E-state index contributed by atoms with van der Waals surface area (Å²) in [5.41, 5.74) is 0.521. The third-order valence-electron chi connectivity index (χ3n) is 3.54. The molecule has 114 valence electrons. The smallest absolute Gasteiger partial charge is 0.309 e. The quantitative estimate of drug-likeness (QED) is 0.889. The van der Waals surface area contributed by atoms with Crippen molar-refractivity contribution < 1.29 is 4.39 Å². The summed E-state index contributed by atoms with van der Waals surface area (Å²) >= 11 is 0. The fourth-order valence-corrected chi connectivity index (χ4v) is 2.43. The molecule has 0 fully saturated rings. The van der Waals surface area contributed by atoms with Crippen LogP contribution in [-0.4, -0.2) is 15.7 Å². The number of imidazole rings is 1. The highest BCUT2D eigenvalue weighted by atomic mass is 19.1.